The second kappa shape index (κ2) is 6.22. The first kappa shape index (κ1) is 16.1. The summed E-state index contributed by atoms with van der Waals surface area (Å²) < 4.78 is 5.52. The molecule has 2 rings (SSSR count). The van der Waals surface area contributed by atoms with Crippen LogP contribution in [0, 0.1) is 13.8 Å². The van der Waals surface area contributed by atoms with Gasteiger partial charge >= 0.3 is 5.97 Å². The number of carbonyl (C=O) groups is 2. The molecule has 1 heterocycles. The first-order valence-electron chi connectivity index (χ1n) is 7.28. The molecule has 0 aliphatic heterocycles. The largest absolute Gasteiger partial charge is 0.480 e. The van der Waals surface area contributed by atoms with Crippen molar-refractivity contribution in [2.24, 2.45) is 0 Å². The quantitative estimate of drug-likeness (QED) is 0.922. The standard InChI is InChI=1S/C17H21NO4/c1-10(2)18(8-17(20)21)16(19)7-13-9-22-15-6-12(4)11(3)5-14(13)15/h5-6,9-10H,7-8H2,1-4H3,(H,20,21). The van der Waals surface area contributed by atoms with Crippen molar-refractivity contribution < 1.29 is 19.1 Å². The lowest BCUT2D eigenvalue weighted by Gasteiger charge is -2.24. The van der Waals surface area contributed by atoms with Crippen LogP contribution in [0.1, 0.15) is 30.5 Å². The molecule has 1 amide bonds. The first-order chi connectivity index (χ1) is 10.3. The Morgan fingerprint density at radius 2 is 1.86 bits per heavy atom. The van der Waals surface area contributed by atoms with Crippen LogP contribution in [0.2, 0.25) is 0 Å². The van der Waals surface area contributed by atoms with Gasteiger partial charge in [0.1, 0.15) is 12.1 Å². The van der Waals surface area contributed by atoms with E-state index < -0.39 is 5.97 Å². The maximum atomic E-state index is 12.4. The molecule has 5 heteroatoms. The summed E-state index contributed by atoms with van der Waals surface area (Å²) >= 11 is 0. The number of amides is 1. The van der Waals surface area contributed by atoms with Crippen LogP contribution in [0.4, 0.5) is 0 Å². The van der Waals surface area contributed by atoms with Crippen molar-refractivity contribution in [2.75, 3.05) is 6.54 Å². The maximum Gasteiger partial charge on any atom is 0.323 e. The molecule has 0 atom stereocenters. The van der Waals surface area contributed by atoms with Crippen LogP contribution in [0.25, 0.3) is 11.0 Å². The van der Waals surface area contributed by atoms with E-state index in [1.165, 1.54) is 4.90 Å². The molecule has 0 unspecified atom stereocenters. The Kier molecular flexibility index (Phi) is 4.54. The molecule has 2 aromatic rings. The second-order valence-corrected chi connectivity index (χ2v) is 5.88. The Labute approximate surface area is 129 Å². The van der Waals surface area contributed by atoms with Gasteiger partial charge in [0.25, 0.3) is 0 Å². The number of fused-ring (bicyclic) bond motifs is 1. The van der Waals surface area contributed by atoms with Gasteiger partial charge in [-0.1, -0.05) is 0 Å². The summed E-state index contributed by atoms with van der Waals surface area (Å²) in [6, 6.07) is 3.80. The van der Waals surface area contributed by atoms with Crippen molar-refractivity contribution in [3.8, 4) is 0 Å². The highest BCUT2D eigenvalue weighted by molar-refractivity contribution is 5.89. The first-order valence-corrected chi connectivity index (χ1v) is 7.28. The fourth-order valence-electron chi connectivity index (χ4n) is 2.44. The van der Waals surface area contributed by atoms with Gasteiger partial charge in [-0.05, 0) is 51.0 Å². The summed E-state index contributed by atoms with van der Waals surface area (Å²) in [6.45, 7) is 7.35. The number of aryl methyl sites for hydroxylation is 2. The Balaban J connectivity index is 2.27. The number of carboxylic acids is 1. The number of carboxylic acid groups (broad SMARTS) is 1. The van der Waals surface area contributed by atoms with Crippen molar-refractivity contribution in [3.63, 3.8) is 0 Å². The summed E-state index contributed by atoms with van der Waals surface area (Å²) in [5, 5.41) is 9.85. The van der Waals surface area contributed by atoms with E-state index in [-0.39, 0.29) is 24.9 Å². The fourth-order valence-corrected chi connectivity index (χ4v) is 2.44. The number of furan rings is 1. The summed E-state index contributed by atoms with van der Waals surface area (Å²) in [4.78, 5) is 24.7. The molecule has 1 N–H and O–H groups in total. The number of nitrogens with zero attached hydrogens (tertiary/aromatic N) is 1. The van der Waals surface area contributed by atoms with Gasteiger partial charge in [-0.3, -0.25) is 9.59 Å². The third-order valence-corrected chi connectivity index (χ3v) is 3.86. The lowest BCUT2D eigenvalue weighted by Crippen LogP contribution is -2.41. The zero-order chi connectivity index (χ0) is 16.4. The Hall–Kier alpha value is -2.30. The van der Waals surface area contributed by atoms with E-state index >= 15 is 0 Å². The smallest absolute Gasteiger partial charge is 0.323 e. The van der Waals surface area contributed by atoms with Gasteiger partial charge < -0.3 is 14.4 Å². The summed E-state index contributed by atoms with van der Waals surface area (Å²) in [7, 11) is 0. The van der Waals surface area contributed by atoms with Crippen molar-refractivity contribution in [3.05, 3.63) is 35.1 Å². The maximum absolute atomic E-state index is 12.4. The van der Waals surface area contributed by atoms with Crippen LogP contribution >= 0.6 is 0 Å². The predicted molar refractivity (Wildman–Crippen MR) is 83.9 cm³/mol. The van der Waals surface area contributed by atoms with Crippen LogP contribution in [-0.4, -0.2) is 34.5 Å². The fraction of sp³-hybridized carbons (Fsp3) is 0.412. The normalized spacial score (nSPS) is 11.1. The van der Waals surface area contributed by atoms with Gasteiger partial charge in [-0.15, -0.1) is 0 Å². The zero-order valence-electron chi connectivity index (χ0n) is 13.3. The van der Waals surface area contributed by atoms with Crippen molar-refractivity contribution >= 4 is 22.8 Å². The van der Waals surface area contributed by atoms with Crippen molar-refractivity contribution in [1.29, 1.82) is 0 Å². The Bertz CT molecular complexity index is 715. The Morgan fingerprint density at radius 1 is 1.23 bits per heavy atom. The highest BCUT2D eigenvalue weighted by atomic mass is 16.4. The average Bonchev–Trinajstić information content (AvgIpc) is 2.78. The minimum absolute atomic E-state index is 0.140. The van der Waals surface area contributed by atoms with E-state index in [0.717, 1.165) is 27.7 Å². The SMILES string of the molecule is Cc1cc2occ(CC(=O)N(CC(=O)O)C(C)C)c2cc1C. The molecule has 22 heavy (non-hydrogen) atoms. The van der Waals surface area contributed by atoms with Crippen LogP contribution in [-0.2, 0) is 16.0 Å². The minimum atomic E-state index is -1.01. The van der Waals surface area contributed by atoms with E-state index in [4.69, 9.17) is 9.52 Å². The molecular formula is C17H21NO4. The van der Waals surface area contributed by atoms with Gasteiger partial charge in [0, 0.05) is 17.0 Å². The van der Waals surface area contributed by atoms with Gasteiger partial charge in [0.15, 0.2) is 0 Å². The molecule has 0 bridgehead atoms. The molecule has 0 saturated heterocycles. The van der Waals surface area contributed by atoms with E-state index in [1.807, 2.05) is 39.8 Å². The molecule has 5 nitrogen and oxygen atoms in total. The minimum Gasteiger partial charge on any atom is -0.480 e. The van der Waals surface area contributed by atoms with E-state index in [1.54, 1.807) is 6.26 Å². The molecule has 0 aliphatic carbocycles. The zero-order valence-corrected chi connectivity index (χ0v) is 13.3. The van der Waals surface area contributed by atoms with Gasteiger partial charge in [-0.25, -0.2) is 0 Å². The number of hydrogen-bond donors (Lipinski definition) is 1. The van der Waals surface area contributed by atoms with E-state index in [9.17, 15) is 9.59 Å². The van der Waals surface area contributed by atoms with Crippen LogP contribution in [0.5, 0.6) is 0 Å². The Morgan fingerprint density at radius 3 is 2.45 bits per heavy atom. The molecule has 0 fully saturated rings. The number of hydrogen-bond acceptors (Lipinski definition) is 3. The topological polar surface area (TPSA) is 70.8 Å². The molecule has 1 aromatic heterocycles. The third kappa shape index (κ3) is 3.30. The highest BCUT2D eigenvalue weighted by Crippen LogP contribution is 2.25. The van der Waals surface area contributed by atoms with Crippen LogP contribution < -0.4 is 0 Å². The summed E-state index contributed by atoms with van der Waals surface area (Å²) in [6.07, 6.45) is 1.72. The molecule has 0 spiro atoms. The summed E-state index contributed by atoms with van der Waals surface area (Å²) in [5.41, 5.74) is 3.81. The summed E-state index contributed by atoms with van der Waals surface area (Å²) in [5.74, 6) is -1.22. The second-order valence-electron chi connectivity index (χ2n) is 5.88. The molecule has 0 aliphatic rings. The molecule has 0 radical (unpaired) electrons. The number of carbonyl (C=O) groups excluding carboxylic acids is 1. The van der Waals surface area contributed by atoms with Crippen LogP contribution in [0.3, 0.4) is 0 Å². The number of aliphatic carboxylic acids is 1. The molecular weight excluding hydrogens is 282 g/mol. The highest BCUT2D eigenvalue weighted by Gasteiger charge is 2.21. The van der Waals surface area contributed by atoms with Crippen molar-refractivity contribution in [2.45, 2.75) is 40.2 Å². The molecule has 1 aromatic carbocycles. The predicted octanol–water partition coefficient (Wildman–Crippen LogP) is 2.91. The van der Waals surface area contributed by atoms with Gasteiger partial charge in [0.05, 0.1) is 12.7 Å². The van der Waals surface area contributed by atoms with Crippen molar-refractivity contribution in [1.82, 2.24) is 4.90 Å². The lowest BCUT2D eigenvalue weighted by atomic mass is 10.0. The van der Waals surface area contributed by atoms with E-state index in [0.29, 0.717) is 0 Å². The molecule has 118 valence electrons. The lowest BCUT2D eigenvalue weighted by molar-refractivity contribution is -0.145. The molecule has 0 saturated carbocycles. The van der Waals surface area contributed by atoms with Crippen LogP contribution in [0.15, 0.2) is 22.8 Å². The van der Waals surface area contributed by atoms with E-state index in [2.05, 4.69) is 0 Å². The number of benzene rings is 1. The average molecular weight is 303 g/mol. The number of rotatable bonds is 5. The monoisotopic (exact) mass is 303 g/mol. The van der Waals surface area contributed by atoms with Gasteiger partial charge in [0.2, 0.25) is 5.91 Å². The third-order valence-electron chi connectivity index (χ3n) is 3.86. The van der Waals surface area contributed by atoms with Gasteiger partial charge in [-0.2, -0.15) is 0 Å².